The van der Waals surface area contributed by atoms with Crippen LogP contribution in [0.4, 0.5) is 5.13 Å². The molecule has 1 fully saturated rings. The van der Waals surface area contributed by atoms with E-state index in [0.717, 1.165) is 16.7 Å². The summed E-state index contributed by atoms with van der Waals surface area (Å²) in [6.45, 7) is 2.22. The van der Waals surface area contributed by atoms with E-state index in [0.29, 0.717) is 18.9 Å². The molecule has 1 unspecified atom stereocenters. The zero-order chi connectivity index (χ0) is 13.0. The minimum absolute atomic E-state index is 0.180. The number of carbonyl (C=O) groups excluding carboxylic acids is 1. The Morgan fingerprint density at radius 1 is 1.67 bits per heavy atom. The monoisotopic (exact) mass is 268 g/mol. The number of rotatable bonds is 6. The molecule has 0 radical (unpaired) electrons. The minimum Gasteiger partial charge on any atom is -0.469 e. The number of anilines is 1. The molecular formula is C13H20N2O2S. The van der Waals surface area contributed by atoms with Crippen LogP contribution in [0.15, 0.2) is 5.38 Å². The molecule has 0 amide bonds. The summed E-state index contributed by atoms with van der Waals surface area (Å²) in [5.74, 6) is 0.618. The molecule has 18 heavy (non-hydrogen) atoms. The summed E-state index contributed by atoms with van der Waals surface area (Å²) < 4.78 is 4.62. The lowest BCUT2D eigenvalue weighted by Gasteiger charge is -2.31. The quantitative estimate of drug-likeness (QED) is 0.806. The first-order chi connectivity index (χ1) is 8.69. The number of esters is 1. The van der Waals surface area contributed by atoms with Gasteiger partial charge in [-0.2, -0.15) is 0 Å². The maximum Gasteiger partial charge on any atom is 0.305 e. The predicted molar refractivity (Wildman–Crippen MR) is 72.9 cm³/mol. The first-order valence-corrected chi connectivity index (χ1v) is 7.34. The highest BCUT2D eigenvalue weighted by Crippen LogP contribution is 2.31. The number of aromatic nitrogens is 1. The number of thiazole rings is 1. The number of nitrogens with zero attached hydrogens (tertiary/aromatic N) is 1. The summed E-state index contributed by atoms with van der Waals surface area (Å²) in [6, 6.07) is 0.498. The van der Waals surface area contributed by atoms with Crippen molar-refractivity contribution in [1.29, 1.82) is 0 Å². The van der Waals surface area contributed by atoms with Gasteiger partial charge in [0.05, 0.1) is 19.2 Å². The van der Waals surface area contributed by atoms with Crippen molar-refractivity contribution in [3.05, 3.63) is 11.1 Å². The second-order valence-corrected chi connectivity index (χ2v) is 5.70. The number of hydrogen-bond donors (Lipinski definition) is 1. The van der Waals surface area contributed by atoms with Gasteiger partial charge in [0.2, 0.25) is 0 Å². The molecule has 1 aromatic heterocycles. The first kappa shape index (κ1) is 13.3. The highest BCUT2D eigenvalue weighted by atomic mass is 32.1. The second-order valence-electron chi connectivity index (χ2n) is 4.84. The second kappa shape index (κ2) is 6.18. The number of hydrogen-bond acceptors (Lipinski definition) is 5. The molecule has 0 bridgehead atoms. The van der Waals surface area contributed by atoms with Crippen LogP contribution in [0.1, 0.15) is 38.3 Å². The van der Waals surface area contributed by atoms with Crippen LogP contribution in [0, 0.1) is 5.92 Å². The Hall–Kier alpha value is -1.10. The first-order valence-electron chi connectivity index (χ1n) is 6.47. The molecule has 0 aromatic carbocycles. The maximum absolute atomic E-state index is 11.0. The molecule has 1 atom stereocenters. The zero-order valence-electron chi connectivity index (χ0n) is 10.9. The van der Waals surface area contributed by atoms with Crippen LogP contribution in [-0.2, 0) is 16.0 Å². The minimum atomic E-state index is -0.180. The number of nitrogens with one attached hydrogen (secondary N) is 1. The summed E-state index contributed by atoms with van der Waals surface area (Å²) in [5.41, 5.74) is 0.966. The fourth-order valence-corrected chi connectivity index (χ4v) is 2.91. The summed E-state index contributed by atoms with van der Waals surface area (Å²) in [4.78, 5) is 15.5. The van der Waals surface area contributed by atoms with E-state index >= 15 is 0 Å². The summed E-state index contributed by atoms with van der Waals surface area (Å²) in [5, 5.41) is 6.44. The third-order valence-corrected chi connectivity index (χ3v) is 4.40. The lowest BCUT2D eigenvalue weighted by Crippen LogP contribution is -2.30. The highest BCUT2D eigenvalue weighted by molar-refractivity contribution is 7.13. The van der Waals surface area contributed by atoms with E-state index in [1.807, 2.05) is 5.38 Å². The van der Waals surface area contributed by atoms with Crippen LogP contribution in [0.3, 0.4) is 0 Å². The van der Waals surface area contributed by atoms with Crippen molar-refractivity contribution in [3.63, 3.8) is 0 Å². The molecule has 1 aliphatic carbocycles. The maximum atomic E-state index is 11.0. The lowest BCUT2D eigenvalue weighted by molar-refractivity contribution is -0.140. The van der Waals surface area contributed by atoms with E-state index in [2.05, 4.69) is 22.0 Å². The van der Waals surface area contributed by atoms with Gasteiger partial charge >= 0.3 is 5.97 Å². The van der Waals surface area contributed by atoms with Crippen molar-refractivity contribution in [2.24, 2.45) is 5.92 Å². The van der Waals surface area contributed by atoms with Crippen LogP contribution in [0.2, 0.25) is 0 Å². The van der Waals surface area contributed by atoms with E-state index in [9.17, 15) is 4.79 Å². The van der Waals surface area contributed by atoms with E-state index in [1.54, 1.807) is 11.3 Å². The Balaban J connectivity index is 1.79. The van der Waals surface area contributed by atoms with Gasteiger partial charge in [0.1, 0.15) is 0 Å². The molecule has 5 heteroatoms. The molecule has 1 aliphatic rings. The SMILES string of the molecule is COC(=O)CCc1csc(NC(C)C2CCC2)n1. The Morgan fingerprint density at radius 3 is 3.06 bits per heavy atom. The van der Waals surface area contributed by atoms with E-state index in [-0.39, 0.29) is 5.97 Å². The van der Waals surface area contributed by atoms with Gasteiger partial charge in [-0.3, -0.25) is 4.79 Å². The smallest absolute Gasteiger partial charge is 0.305 e. The van der Waals surface area contributed by atoms with Crippen LogP contribution in [-0.4, -0.2) is 24.1 Å². The van der Waals surface area contributed by atoms with Gasteiger partial charge in [-0.15, -0.1) is 11.3 Å². The van der Waals surface area contributed by atoms with Gasteiger partial charge in [0, 0.05) is 17.8 Å². The molecule has 1 aromatic rings. The lowest BCUT2D eigenvalue weighted by atomic mass is 9.80. The van der Waals surface area contributed by atoms with Gasteiger partial charge in [-0.25, -0.2) is 4.98 Å². The number of ether oxygens (including phenoxy) is 1. The summed E-state index contributed by atoms with van der Waals surface area (Å²) in [6.07, 6.45) is 5.07. The van der Waals surface area contributed by atoms with Gasteiger partial charge in [0.15, 0.2) is 5.13 Å². The molecule has 1 saturated carbocycles. The molecule has 4 nitrogen and oxygen atoms in total. The number of methoxy groups -OCH3 is 1. The van der Waals surface area contributed by atoms with E-state index in [1.165, 1.54) is 26.4 Å². The fourth-order valence-electron chi connectivity index (χ4n) is 2.07. The van der Waals surface area contributed by atoms with Gasteiger partial charge in [0.25, 0.3) is 0 Å². The summed E-state index contributed by atoms with van der Waals surface area (Å²) >= 11 is 1.61. The molecule has 1 N–H and O–H groups in total. The normalized spacial score (nSPS) is 17.0. The third kappa shape index (κ3) is 3.45. The Kier molecular flexibility index (Phi) is 4.58. The van der Waals surface area contributed by atoms with Crippen molar-refractivity contribution < 1.29 is 9.53 Å². The Morgan fingerprint density at radius 2 is 2.44 bits per heavy atom. The third-order valence-electron chi connectivity index (χ3n) is 3.57. The van der Waals surface area contributed by atoms with E-state index in [4.69, 9.17) is 0 Å². The highest BCUT2D eigenvalue weighted by Gasteiger charge is 2.24. The van der Waals surface area contributed by atoms with Crippen molar-refractivity contribution in [1.82, 2.24) is 4.98 Å². The predicted octanol–water partition coefficient (Wildman–Crippen LogP) is 2.85. The number of aryl methyl sites for hydroxylation is 1. The average Bonchev–Trinajstić information content (AvgIpc) is 2.71. The topological polar surface area (TPSA) is 51.2 Å². The van der Waals surface area contributed by atoms with Crippen molar-refractivity contribution in [2.45, 2.75) is 45.1 Å². The molecule has 0 aliphatic heterocycles. The van der Waals surface area contributed by atoms with Gasteiger partial charge in [-0.1, -0.05) is 6.42 Å². The van der Waals surface area contributed by atoms with Crippen LogP contribution in [0.5, 0.6) is 0 Å². The Labute approximate surface area is 112 Å². The van der Waals surface area contributed by atoms with Crippen LogP contribution < -0.4 is 5.32 Å². The van der Waals surface area contributed by atoms with Gasteiger partial charge in [-0.05, 0) is 25.7 Å². The largest absolute Gasteiger partial charge is 0.469 e. The molecule has 2 rings (SSSR count). The van der Waals surface area contributed by atoms with Crippen LogP contribution >= 0.6 is 11.3 Å². The molecule has 0 spiro atoms. The van der Waals surface area contributed by atoms with Crippen molar-refractivity contribution >= 4 is 22.4 Å². The summed E-state index contributed by atoms with van der Waals surface area (Å²) in [7, 11) is 1.41. The Bertz CT molecular complexity index is 401. The zero-order valence-corrected chi connectivity index (χ0v) is 11.8. The van der Waals surface area contributed by atoms with Crippen molar-refractivity contribution in [2.75, 3.05) is 12.4 Å². The van der Waals surface area contributed by atoms with Gasteiger partial charge < -0.3 is 10.1 Å². The molecular weight excluding hydrogens is 248 g/mol. The molecule has 100 valence electrons. The molecule has 0 saturated heterocycles. The van der Waals surface area contributed by atoms with E-state index < -0.39 is 0 Å². The fraction of sp³-hybridized carbons (Fsp3) is 0.692. The molecule has 1 heterocycles. The van der Waals surface area contributed by atoms with Crippen LogP contribution in [0.25, 0.3) is 0 Å². The van der Waals surface area contributed by atoms with Crippen molar-refractivity contribution in [3.8, 4) is 0 Å². The number of carbonyl (C=O) groups is 1. The average molecular weight is 268 g/mol. The standard InChI is InChI=1S/C13H20N2O2S/c1-9(10-4-3-5-10)14-13-15-11(8-18-13)6-7-12(16)17-2/h8-10H,3-7H2,1-2H3,(H,14,15).